The fourth-order valence-electron chi connectivity index (χ4n) is 4.13. The molecule has 1 aromatic heterocycles. The molecule has 200 valence electrons. The lowest BCUT2D eigenvalue weighted by molar-refractivity contribution is 0.161. The van der Waals surface area contributed by atoms with Crippen molar-refractivity contribution in [2.75, 3.05) is 0 Å². The first-order valence-electron chi connectivity index (χ1n) is 12.0. The average molecular weight is 531 g/mol. The highest BCUT2D eigenvalue weighted by Gasteiger charge is 2.13. The number of hydrogen-bond acceptors (Lipinski definition) is 10. The van der Waals surface area contributed by atoms with E-state index in [9.17, 15) is 19.4 Å². The molecule has 2 N–H and O–H groups in total. The number of nitroso groups, excluding NO2 is 2. The van der Waals surface area contributed by atoms with Crippen LogP contribution in [0.3, 0.4) is 0 Å². The molecule has 0 saturated heterocycles. The topological polar surface area (TPSA) is 161 Å². The Balaban J connectivity index is 1.78. The van der Waals surface area contributed by atoms with Crippen LogP contribution in [0, 0.1) is 9.81 Å². The Bertz CT molecular complexity index is 1660. The molecule has 12 heteroatoms. The fraction of sp³-hybridized carbons (Fsp3) is 0.222. The van der Waals surface area contributed by atoms with E-state index in [1.807, 2.05) is 0 Å². The van der Waals surface area contributed by atoms with Gasteiger partial charge in [-0.15, -0.1) is 0 Å². The second-order valence-corrected chi connectivity index (χ2v) is 8.79. The van der Waals surface area contributed by atoms with Crippen molar-refractivity contribution >= 4 is 0 Å². The normalized spacial score (nSPS) is 11.5. The molecule has 0 spiro atoms. The SMILES string of the molecule is O=NCc1cccc(CN=c2oc(=O)n(Cc3cccc(CNO)c3)c(=O)n2Cc2cccc(CN=O)c2)c1. The van der Waals surface area contributed by atoms with Crippen LogP contribution in [0.5, 0.6) is 0 Å². The van der Waals surface area contributed by atoms with Gasteiger partial charge in [0, 0.05) is 6.54 Å². The monoisotopic (exact) mass is 530 g/mol. The van der Waals surface area contributed by atoms with Gasteiger partial charge in [0.2, 0.25) is 0 Å². The van der Waals surface area contributed by atoms with E-state index in [0.29, 0.717) is 22.3 Å². The molecule has 0 fully saturated rings. The number of aromatic nitrogens is 2. The zero-order valence-electron chi connectivity index (χ0n) is 20.9. The molecule has 0 bridgehead atoms. The van der Waals surface area contributed by atoms with Gasteiger partial charge in [0.25, 0.3) is 0 Å². The summed E-state index contributed by atoms with van der Waals surface area (Å²) in [5, 5.41) is 14.8. The van der Waals surface area contributed by atoms with Crippen LogP contribution in [0.2, 0.25) is 0 Å². The van der Waals surface area contributed by atoms with Crippen molar-refractivity contribution in [3.63, 3.8) is 0 Å². The lowest BCUT2D eigenvalue weighted by Gasteiger charge is -2.11. The van der Waals surface area contributed by atoms with Gasteiger partial charge in [0.15, 0.2) is 0 Å². The summed E-state index contributed by atoms with van der Waals surface area (Å²) in [6.45, 7) is 0.249. The average Bonchev–Trinajstić information content (AvgIpc) is 2.93. The highest BCUT2D eigenvalue weighted by atomic mass is 16.5. The van der Waals surface area contributed by atoms with E-state index in [2.05, 4.69) is 20.8 Å². The van der Waals surface area contributed by atoms with Crippen LogP contribution >= 0.6 is 0 Å². The van der Waals surface area contributed by atoms with Crippen LogP contribution in [0.15, 0.2) is 102 Å². The van der Waals surface area contributed by atoms with Crippen molar-refractivity contribution in [3.8, 4) is 0 Å². The van der Waals surface area contributed by atoms with Gasteiger partial charge in [-0.2, -0.15) is 9.81 Å². The molecule has 12 nitrogen and oxygen atoms in total. The molecule has 1 heterocycles. The number of rotatable bonds is 12. The molecular weight excluding hydrogens is 504 g/mol. The molecule has 0 atom stereocenters. The predicted octanol–water partition coefficient (Wildman–Crippen LogP) is 2.81. The second kappa shape index (κ2) is 13.1. The van der Waals surface area contributed by atoms with Crippen LogP contribution in [0.4, 0.5) is 0 Å². The van der Waals surface area contributed by atoms with E-state index >= 15 is 0 Å². The van der Waals surface area contributed by atoms with Gasteiger partial charge in [-0.05, 0) is 33.4 Å². The summed E-state index contributed by atoms with van der Waals surface area (Å²) >= 11 is 0. The van der Waals surface area contributed by atoms with Crippen molar-refractivity contribution in [1.29, 1.82) is 0 Å². The summed E-state index contributed by atoms with van der Waals surface area (Å²) in [5.74, 6) is -0.876. The van der Waals surface area contributed by atoms with Gasteiger partial charge in [0.1, 0.15) is 13.1 Å². The second-order valence-electron chi connectivity index (χ2n) is 8.79. The van der Waals surface area contributed by atoms with Crippen molar-refractivity contribution in [2.45, 2.75) is 39.3 Å². The Kier molecular flexibility index (Phi) is 9.16. The van der Waals surface area contributed by atoms with Gasteiger partial charge in [-0.3, -0.25) is 0 Å². The van der Waals surface area contributed by atoms with Gasteiger partial charge in [-0.25, -0.2) is 29.2 Å². The van der Waals surface area contributed by atoms with Crippen LogP contribution in [0.1, 0.15) is 33.4 Å². The van der Waals surface area contributed by atoms with Crippen molar-refractivity contribution in [2.24, 2.45) is 15.3 Å². The molecule has 0 aliphatic heterocycles. The van der Waals surface area contributed by atoms with E-state index < -0.39 is 11.4 Å². The van der Waals surface area contributed by atoms with E-state index in [-0.39, 0.29) is 45.0 Å². The van der Waals surface area contributed by atoms with Gasteiger partial charge in [0.05, 0.1) is 19.6 Å². The largest absolute Gasteiger partial charge is 0.426 e. The van der Waals surface area contributed by atoms with Crippen molar-refractivity contribution in [1.82, 2.24) is 14.6 Å². The third-order valence-corrected chi connectivity index (χ3v) is 5.92. The Hall–Kier alpha value is -4.81. The maximum atomic E-state index is 13.6. The van der Waals surface area contributed by atoms with Gasteiger partial charge < -0.3 is 9.62 Å². The summed E-state index contributed by atoms with van der Waals surface area (Å²) in [6.07, 6.45) is 0. The van der Waals surface area contributed by atoms with Crippen molar-refractivity contribution < 1.29 is 9.62 Å². The molecule has 0 radical (unpaired) electrons. The highest BCUT2D eigenvalue weighted by molar-refractivity contribution is 5.25. The third-order valence-electron chi connectivity index (χ3n) is 5.92. The fourth-order valence-corrected chi connectivity index (χ4v) is 4.13. The summed E-state index contributed by atoms with van der Waals surface area (Å²) in [5.41, 5.74) is 5.51. The van der Waals surface area contributed by atoms with Crippen LogP contribution in [-0.2, 0) is 39.3 Å². The molecule has 39 heavy (non-hydrogen) atoms. The van der Waals surface area contributed by atoms with E-state index in [1.54, 1.807) is 72.8 Å². The van der Waals surface area contributed by atoms with Crippen LogP contribution in [0.25, 0.3) is 0 Å². The third kappa shape index (κ3) is 7.15. The minimum absolute atomic E-state index is 0.0144. The zero-order valence-corrected chi connectivity index (χ0v) is 20.9. The molecule has 0 aliphatic carbocycles. The summed E-state index contributed by atoms with van der Waals surface area (Å²) in [4.78, 5) is 52.4. The number of nitrogens with one attached hydrogen (secondary N) is 1. The summed E-state index contributed by atoms with van der Waals surface area (Å²) < 4.78 is 7.76. The van der Waals surface area contributed by atoms with Crippen LogP contribution in [-0.4, -0.2) is 14.3 Å². The summed E-state index contributed by atoms with van der Waals surface area (Å²) in [6, 6.07) is 21.2. The number of hydroxylamine groups is 1. The standard InChI is InChI=1S/C27H26N6O6/c34-26-32(17-23-8-2-6-21(11-23)15-30-37)25(28-13-19-4-1-5-20(10-19)14-29-36)39-27(35)33(26)18-24-9-3-7-22(12-24)16-31-38/h1-12,31,38H,13-18H2. The number of hydrogen-bond donors (Lipinski definition) is 2. The maximum Gasteiger partial charge on any atom is 0.426 e. The smallest absolute Gasteiger partial charge is 0.375 e. The lowest BCUT2D eigenvalue weighted by Crippen LogP contribution is -2.47. The van der Waals surface area contributed by atoms with Gasteiger partial charge >= 0.3 is 17.1 Å². The molecule has 0 unspecified atom stereocenters. The van der Waals surface area contributed by atoms with Crippen molar-refractivity contribution in [3.05, 3.63) is 143 Å². The molecule has 0 amide bonds. The molecule has 3 aromatic carbocycles. The van der Waals surface area contributed by atoms with Crippen LogP contribution < -0.4 is 22.6 Å². The van der Waals surface area contributed by atoms with E-state index in [0.717, 1.165) is 15.7 Å². The maximum absolute atomic E-state index is 13.6. The molecular formula is C27H26N6O6. The highest BCUT2D eigenvalue weighted by Crippen LogP contribution is 2.09. The molecule has 4 aromatic rings. The first kappa shape index (κ1) is 27.2. The zero-order chi connectivity index (χ0) is 27.6. The first-order valence-corrected chi connectivity index (χ1v) is 12.0. The number of benzene rings is 3. The van der Waals surface area contributed by atoms with E-state index in [4.69, 9.17) is 9.62 Å². The minimum atomic E-state index is -0.876. The molecule has 0 saturated carbocycles. The van der Waals surface area contributed by atoms with Gasteiger partial charge in [-0.1, -0.05) is 83.2 Å². The lowest BCUT2D eigenvalue weighted by atomic mass is 10.1. The Morgan fingerprint density at radius 1 is 0.692 bits per heavy atom. The predicted molar refractivity (Wildman–Crippen MR) is 142 cm³/mol. The minimum Gasteiger partial charge on any atom is -0.375 e. The summed E-state index contributed by atoms with van der Waals surface area (Å²) in [7, 11) is 0. The Morgan fingerprint density at radius 3 is 1.77 bits per heavy atom. The molecule has 0 aliphatic rings. The number of nitrogens with zero attached hydrogens (tertiary/aromatic N) is 5. The Morgan fingerprint density at radius 2 is 1.18 bits per heavy atom. The Labute approximate surface area is 221 Å². The first-order chi connectivity index (χ1) is 19.0. The van der Waals surface area contributed by atoms with E-state index in [1.165, 1.54) is 4.57 Å². The quantitative estimate of drug-likeness (QED) is 0.210. The molecule has 4 rings (SSSR count).